The molecule has 0 aliphatic carbocycles. The molecule has 0 spiro atoms. The summed E-state index contributed by atoms with van der Waals surface area (Å²) >= 11 is 1.40. The second-order valence-corrected chi connectivity index (χ2v) is 3.98. The van der Waals surface area contributed by atoms with E-state index in [1.165, 1.54) is 11.8 Å². The predicted octanol–water partition coefficient (Wildman–Crippen LogP) is -0.547. The zero-order valence-corrected chi connectivity index (χ0v) is 10.3. The van der Waals surface area contributed by atoms with Crippen LogP contribution in [-0.4, -0.2) is 51.6 Å². The van der Waals surface area contributed by atoms with Crippen molar-refractivity contribution < 1.29 is 9.53 Å². The maximum atomic E-state index is 11.5. The molecule has 0 aliphatic heterocycles. The third kappa shape index (κ3) is 3.46. The largest absolute Gasteiger partial charge is 0.465 e. The van der Waals surface area contributed by atoms with Gasteiger partial charge in [-0.05, 0) is 24.4 Å². The van der Waals surface area contributed by atoms with Crippen molar-refractivity contribution in [2.24, 2.45) is 7.05 Å². The van der Waals surface area contributed by atoms with E-state index < -0.39 is 0 Å². The van der Waals surface area contributed by atoms with Gasteiger partial charge in [-0.3, -0.25) is 4.79 Å². The summed E-state index contributed by atoms with van der Waals surface area (Å²) in [7, 11) is 3.47. The van der Waals surface area contributed by atoms with Crippen molar-refractivity contribution in [1.82, 2.24) is 25.5 Å². The van der Waals surface area contributed by atoms with Crippen LogP contribution in [-0.2, 0) is 16.6 Å². The lowest BCUT2D eigenvalue weighted by Crippen LogP contribution is -2.37. The third-order valence-corrected chi connectivity index (χ3v) is 2.98. The average Bonchev–Trinajstić information content (AvgIpc) is 2.66. The van der Waals surface area contributed by atoms with Crippen LogP contribution in [0.3, 0.4) is 0 Å². The van der Waals surface area contributed by atoms with Gasteiger partial charge in [-0.25, -0.2) is 4.68 Å². The zero-order valence-electron chi connectivity index (χ0n) is 9.51. The van der Waals surface area contributed by atoms with Gasteiger partial charge < -0.3 is 10.1 Å². The van der Waals surface area contributed by atoms with E-state index in [-0.39, 0.29) is 12.0 Å². The van der Waals surface area contributed by atoms with Crippen LogP contribution in [0.1, 0.15) is 6.92 Å². The van der Waals surface area contributed by atoms with Gasteiger partial charge in [-0.2, -0.15) is 0 Å². The number of nitrogens with one attached hydrogen (secondary N) is 1. The van der Waals surface area contributed by atoms with E-state index in [4.69, 9.17) is 4.74 Å². The Hall–Kier alpha value is -1.15. The highest BCUT2D eigenvalue weighted by atomic mass is 32.2. The van der Waals surface area contributed by atoms with Crippen LogP contribution < -0.4 is 5.32 Å². The smallest absolute Gasteiger partial charge is 0.323 e. The Morgan fingerprint density at radius 2 is 2.44 bits per heavy atom. The van der Waals surface area contributed by atoms with E-state index in [2.05, 4.69) is 20.8 Å². The van der Waals surface area contributed by atoms with E-state index >= 15 is 0 Å². The first kappa shape index (κ1) is 12.9. The number of carbonyl (C=O) groups excluding carboxylic acids is 1. The summed E-state index contributed by atoms with van der Waals surface area (Å²) in [5.74, 6) is 0.274. The third-order valence-electron chi connectivity index (χ3n) is 1.88. The molecule has 0 bridgehead atoms. The van der Waals surface area contributed by atoms with Crippen LogP contribution in [0.25, 0.3) is 0 Å². The van der Waals surface area contributed by atoms with Gasteiger partial charge in [-0.1, -0.05) is 11.8 Å². The molecule has 1 aromatic heterocycles. The molecule has 0 aliphatic rings. The summed E-state index contributed by atoms with van der Waals surface area (Å²) in [6.45, 7) is 2.16. The molecule has 1 rings (SSSR count). The second kappa shape index (κ2) is 6.44. The Morgan fingerprint density at radius 1 is 1.69 bits per heavy atom. The summed E-state index contributed by atoms with van der Waals surface area (Å²) < 4.78 is 6.48. The van der Waals surface area contributed by atoms with E-state index in [1.807, 2.05) is 0 Å². The number of tetrazole rings is 1. The molecule has 90 valence electrons. The molecule has 0 aromatic carbocycles. The minimum Gasteiger partial charge on any atom is -0.465 e. The van der Waals surface area contributed by atoms with E-state index in [0.29, 0.717) is 17.5 Å². The Balaban J connectivity index is 2.46. The van der Waals surface area contributed by atoms with Gasteiger partial charge in [0.05, 0.1) is 6.61 Å². The summed E-state index contributed by atoms with van der Waals surface area (Å²) in [5.41, 5.74) is 0. The highest BCUT2D eigenvalue weighted by molar-refractivity contribution is 7.99. The van der Waals surface area contributed by atoms with Crippen LogP contribution in [0.4, 0.5) is 0 Å². The number of aryl methyl sites for hydroxylation is 1. The predicted molar refractivity (Wildman–Crippen MR) is 59.0 cm³/mol. The molecule has 0 radical (unpaired) electrons. The fourth-order valence-electron chi connectivity index (χ4n) is 1.01. The van der Waals surface area contributed by atoms with E-state index in [1.54, 1.807) is 25.7 Å². The number of ether oxygens (including phenoxy) is 1. The standard InChI is InChI=1S/C8H15N5O2S/c1-4-15-7(14)6(9-2)5-16-8-10-11-12-13(8)3/h6,9H,4-5H2,1-3H3. The number of aromatic nitrogens is 4. The SMILES string of the molecule is CCOC(=O)C(CSc1nnnn1C)NC. The maximum Gasteiger partial charge on any atom is 0.323 e. The quantitative estimate of drug-likeness (QED) is 0.532. The highest BCUT2D eigenvalue weighted by Gasteiger charge is 2.18. The van der Waals surface area contributed by atoms with E-state index in [0.717, 1.165) is 0 Å². The number of hydrogen-bond acceptors (Lipinski definition) is 7. The molecular weight excluding hydrogens is 230 g/mol. The van der Waals surface area contributed by atoms with E-state index in [9.17, 15) is 4.79 Å². The molecule has 8 heteroatoms. The number of nitrogens with zero attached hydrogens (tertiary/aromatic N) is 4. The maximum absolute atomic E-state index is 11.5. The lowest BCUT2D eigenvalue weighted by molar-refractivity contribution is -0.144. The van der Waals surface area contributed by atoms with Gasteiger partial charge in [0, 0.05) is 12.8 Å². The van der Waals surface area contributed by atoms with Crippen molar-refractivity contribution in [3.63, 3.8) is 0 Å². The summed E-state index contributed by atoms with van der Waals surface area (Å²) in [5, 5.41) is 14.6. The van der Waals surface area contributed by atoms with Gasteiger partial charge in [0.15, 0.2) is 0 Å². The topological polar surface area (TPSA) is 81.9 Å². The van der Waals surface area contributed by atoms with Crippen molar-refractivity contribution in [1.29, 1.82) is 0 Å². The van der Waals surface area contributed by atoms with Gasteiger partial charge in [0.1, 0.15) is 6.04 Å². The number of hydrogen-bond donors (Lipinski definition) is 1. The first-order chi connectivity index (χ1) is 7.69. The molecule has 1 unspecified atom stereocenters. The molecule has 1 aromatic rings. The fourth-order valence-corrected chi connectivity index (χ4v) is 1.95. The molecule has 0 amide bonds. The Labute approximate surface area is 97.9 Å². The van der Waals surface area contributed by atoms with Crippen molar-refractivity contribution in [3.8, 4) is 0 Å². The number of esters is 1. The lowest BCUT2D eigenvalue weighted by Gasteiger charge is -2.13. The summed E-state index contributed by atoms with van der Waals surface area (Å²) in [4.78, 5) is 11.5. The number of likely N-dealkylation sites (N-methyl/N-ethyl adjacent to an activating group) is 1. The molecule has 1 heterocycles. The fraction of sp³-hybridized carbons (Fsp3) is 0.750. The van der Waals surface area contributed by atoms with Crippen molar-refractivity contribution in [2.45, 2.75) is 18.1 Å². The Morgan fingerprint density at radius 3 is 2.94 bits per heavy atom. The van der Waals surface area contributed by atoms with Crippen LogP contribution >= 0.6 is 11.8 Å². The first-order valence-corrected chi connectivity index (χ1v) is 5.86. The highest BCUT2D eigenvalue weighted by Crippen LogP contribution is 2.13. The van der Waals surface area contributed by atoms with Gasteiger partial charge >= 0.3 is 5.97 Å². The first-order valence-electron chi connectivity index (χ1n) is 4.88. The van der Waals surface area contributed by atoms with Crippen molar-refractivity contribution in [3.05, 3.63) is 0 Å². The van der Waals surface area contributed by atoms with Crippen LogP contribution in [0, 0.1) is 0 Å². The van der Waals surface area contributed by atoms with Crippen molar-refractivity contribution in [2.75, 3.05) is 19.4 Å². The normalized spacial score (nSPS) is 12.4. The minimum atomic E-state index is -0.346. The van der Waals surface area contributed by atoms with Gasteiger partial charge in [-0.15, -0.1) is 5.10 Å². The lowest BCUT2D eigenvalue weighted by atomic mass is 10.3. The van der Waals surface area contributed by atoms with Gasteiger partial charge in [0.2, 0.25) is 5.16 Å². The molecule has 1 atom stereocenters. The minimum absolute atomic E-state index is 0.257. The number of rotatable bonds is 6. The molecule has 0 saturated carbocycles. The molecule has 16 heavy (non-hydrogen) atoms. The number of thioether (sulfide) groups is 1. The Kier molecular flexibility index (Phi) is 5.20. The molecule has 0 fully saturated rings. The molecule has 7 nitrogen and oxygen atoms in total. The monoisotopic (exact) mass is 245 g/mol. The summed E-state index contributed by atoms with van der Waals surface area (Å²) in [6.07, 6.45) is 0. The number of carbonyl (C=O) groups is 1. The van der Waals surface area contributed by atoms with Crippen molar-refractivity contribution >= 4 is 17.7 Å². The zero-order chi connectivity index (χ0) is 12.0. The van der Waals surface area contributed by atoms with Crippen LogP contribution in [0.5, 0.6) is 0 Å². The Bertz CT molecular complexity index is 343. The molecule has 0 saturated heterocycles. The van der Waals surface area contributed by atoms with Crippen LogP contribution in [0.2, 0.25) is 0 Å². The van der Waals surface area contributed by atoms with Gasteiger partial charge in [0.25, 0.3) is 0 Å². The molecule has 1 N–H and O–H groups in total. The second-order valence-electron chi connectivity index (χ2n) is 2.99. The molecular formula is C8H15N5O2S. The van der Waals surface area contributed by atoms with Crippen LogP contribution in [0.15, 0.2) is 5.16 Å². The average molecular weight is 245 g/mol. The summed E-state index contributed by atoms with van der Waals surface area (Å²) in [6, 6.07) is -0.346.